The van der Waals surface area contributed by atoms with E-state index in [-0.39, 0.29) is 0 Å². The van der Waals surface area contributed by atoms with Gasteiger partial charge in [-0.15, -0.1) is 11.3 Å². The number of aryl methyl sites for hydroxylation is 1. The van der Waals surface area contributed by atoms with E-state index in [0.717, 1.165) is 60.1 Å². The number of thiophene rings is 1. The molecule has 4 rings (SSSR count). The molecule has 0 bridgehead atoms. The van der Waals surface area contributed by atoms with E-state index in [1.165, 1.54) is 11.5 Å². The van der Waals surface area contributed by atoms with E-state index in [0.29, 0.717) is 0 Å². The molecular weight excluding hydrogens is 330 g/mol. The summed E-state index contributed by atoms with van der Waals surface area (Å²) >= 11 is 3.13. The monoisotopic (exact) mass is 347 g/mol. The molecule has 0 radical (unpaired) electrons. The summed E-state index contributed by atoms with van der Waals surface area (Å²) in [5, 5.41) is 3.07. The third kappa shape index (κ3) is 3.29. The molecule has 0 atom stereocenters. The second kappa shape index (κ2) is 6.38. The Morgan fingerprint density at radius 1 is 1.22 bits per heavy atom. The Hall–Kier alpha value is -1.77. The fourth-order valence-corrected chi connectivity index (χ4v) is 4.01. The molecule has 1 saturated heterocycles. The van der Waals surface area contributed by atoms with Crippen LogP contribution in [0.3, 0.4) is 0 Å². The first kappa shape index (κ1) is 14.8. The molecule has 1 fully saturated rings. The number of anilines is 1. The minimum Gasteiger partial charge on any atom is -0.444 e. The minimum atomic E-state index is 0.720. The Morgan fingerprint density at radius 3 is 2.78 bits per heavy atom. The van der Waals surface area contributed by atoms with Crippen LogP contribution in [-0.4, -0.2) is 45.4 Å². The van der Waals surface area contributed by atoms with E-state index in [4.69, 9.17) is 4.42 Å². The van der Waals surface area contributed by atoms with Gasteiger partial charge in [0.05, 0.1) is 10.6 Å². The minimum absolute atomic E-state index is 0.720. The fourth-order valence-electron chi connectivity index (χ4n) is 2.63. The van der Waals surface area contributed by atoms with Gasteiger partial charge in [-0.25, -0.2) is 9.97 Å². The molecule has 0 spiro atoms. The van der Waals surface area contributed by atoms with Crippen molar-refractivity contribution in [2.75, 3.05) is 31.1 Å². The third-order valence-corrected chi connectivity index (χ3v) is 5.56. The van der Waals surface area contributed by atoms with Gasteiger partial charge in [-0.3, -0.25) is 4.90 Å². The van der Waals surface area contributed by atoms with Crippen LogP contribution in [0, 0.1) is 6.92 Å². The summed E-state index contributed by atoms with van der Waals surface area (Å²) < 4.78 is 9.85. The topological polar surface area (TPSA) is 58.3 Å². The molecule has 1 aliphatic rings. The molecule has 0 N–H and O–H groups in total. The first-order valence-electron chi connectivity index (χ1n) is 7.54. The third-order valence-electron chi connectivity index (χ3n) is 3.83. The lowest BCUT2D eigenvalue weighted by Crippen LogP contribution is -2.46. The summed E-state index contributed by atoms with van der Waals surface area (Å²) in [5.41, 5.74) is 0.994. The smallest absolute Gasteiger partial charge is 0.236 e. The molecule has 0 unspecified atom stereocenters. The number of piperazine rings is 1. The fraction of sp³-hybridized carbons (Fsp3) is 0.400. The van der Waals surface area contributed by atoms with Crippen LogP contribution in [0.5, 0.6) is 0 Å². The highest BCUT2D eigenvalue weighted by atomic mass is 32.1. The molecule has 0 amide bonds. The van der Waals surface area contributed by atoms with E-state index >= 15 is 0 Å². The highest BCUT2D eigenvalue weighted by Crippen LogP contribution is 2.24. The van der Waals surface area contributed by atoms with Gasteiger partial charge in [0.15, 0.2) is 0 Å². The first-order chi connectivity index (χ1) is 11.3. The van der Waals surface area contributed by atoms with E-state index in [1.807, 2.05) is 24.4 Å². The molecule has 4 heterocycles. The lowest BCUT2D eigenvalue weighted by Gasteiger charge is -2.33. The largest absolute Gasteiger partial charge is 0.444 e. The molecule has 3 aromatic heterocycles. The second-order valence-electron chi connectivity index (χ2n) is 5.51. The van der Waals surface area contributed by atoms with Crippen molar-refractivity contribution in [3.8, 4) is 10.8 Å². The van der Waals surface area contributed by atoms with Crippen molar-refractivity contribution in [3.63, 3.8) is 0 Å². The van der Waals surface area contributed by atoms with Gasteiger partial charge in [0.1, 0.15) is 12.1 Å². The summed E-state index contributed by atoms with van der Waals surface area (Å²) in [6, 6.07) is 4.04. The number of aromatic nitrogens is 3. The van der Waals surface area contributed by atoms with Gasteiger partial charge in [-0.2, -0.15) is 4.37 Å². The highest BCUT2D eigenvalue weighted by Gasteiger charge is 2.20. The number of hydrogen-bond acceptors (Lipinski definition) is 8. The van der Waals surface area contributed by atoms with Gasteiger partial charge < -0.3 is 9.32 Å². The molecule has 0 aliphatic carbocycles. The summed E-state index contributed by atoms with van der Waals surface area (Å²) in [5.74, 6) is 1.58. The van der Waals surface area contributed by atoms with Crippen molar-refractivity contribution in [3.05, 3.63) is 35.3 Å². The summed E-state index contributed by atoms with van der Waals surface area (Å²) in [6.07, 6.45) is 1.77. The summed E-state index contributed by atoms with van der Waals surface area (Å²) in [7, 11) is 0. The number of oxazole rings is 1. The van der Waals surface area contributed by atoms with Crippen LogP contribution < -0.4 is 4.90 Å². The van der Waals surface area contributed by atoms with Crippen LogP contribution in [0.2, 0.25) is 0 Å². The highest BCUT2D eigenvalue weighted by molar-refractivity contribution is 7.13. The average molecular weight is 347 g/mol. The van der Waals surface area contributed by atoms with Crippen LogP contribution in [0.25, 0.3) is 10.8 Å². The van der Waals surface area contributed by atoms with Crippen molar-refractivity contribution in [2.45, 2.75) is 13.5 Å². The van der Waals surface area contributed by atoms with Crippen molar-refractivity contribution >= 4 is 28.0 Å². The lowest BCUT2D eigenvalue weighted by atomic mass is 10.3. The van der Waals surface area contributed by atoms with Crippen molar-refractivity contribution in [2.24, 2.45) is 0 Å². The molecule has 8 heteroatoms. The zero-order chi connectivity index (χ0) is 15.6. The van der Waals surface area contributed by atoms with E-state index in [9.17, 15) is 0 Å². The Morgan fingerprint density at radius 2 is 2.09 bits per heavy atom. The average Bonchev–Trinajstić information content (AvgIpc) is 3.28. The molecular formula is C15H17N5OS2. The maximum absolute atomic E-state index is 5.59. The number of rotatable bonds is 4. The molecule has 6 nitrogen and oxygen atoms in total. The van der Waals surface area contributed by atoms with Crippen molar-refractivity contribution in [1.82, 2.24) is 19.2 Å². The SMILES string of the molecule is Cc1nsc(N2CCN(Cc3coc(-c4cccs4)n3)CC2)n1. The first-order valence-corrected chi connectivity index (χ1v) is 9.19. The number of hydrogen-bond donors (Lipinski definition) is 0. The van der Waals surface area contributed by atoms with E-state index in [1.54, 1.807) is 17.6 Å². The van der Waals surface area contributed by atoms with Crippen LogP contribution in [-0.2, 0) is 6.54 Å². The van der Waals surface area contributed by atoms with Crippen LogP contribution in [0.15, 0.2) is 28.2 Å². The predicted molar refractivity (Wildman–Crippen MR) is 92.0 cm³/mol. The second-order valence-corrected chi connectivity index (χ2v) is 7.19. The van der Waals surface area contributed by atoms with Gasteiger partial charge in [0, 0.05) is 44.3 Å². The zero-order valence-electron chi connectivity index (χ0n) is 12.8. The molecule has 120 valence electrons. The zero-order valence-corrected chi connectivity index (χ0v) is 14.4. The van der Waals surface area contributed by atoms with Crippen LogP contribution in [0.1, 0.15) is 11.5 Å². The Kier molecular flexibility index (Phi) is 4.11. The standard InChI is InChI=1S/C15H17N5OS2/c1-11-16-15(23-18-11)20-6-4-19(5-7-20)9-12-10-21-14(17-12)13-3-2-8-22-13/h2-3,8,10H,4-7,9H2,1H3. The van der Waals surface area contributed by atoms with Gasteiger partial charge in [-0.1, -0.05) is 6.07 Å². The number of nitrogens with zero attached hydrogens (tertiary/aromatic N) is 5. The Bertz CT molecular complexity index is 759. The predicted octanol–water partition coefficient (Wildman–Crippen LogP) is 2.89. The van der Waals surface area contributed by atoms with Crippen molar-refractivity contribution in [1.29, 1.82) is 0 Å². The normalized spacial score (nSPS) is 16.1. The summed E-state index contributed by atoms with van der Waals surface area (Å²) in [4.78, 5) is 14.8. The Balaban J connectivity index is 1.34. The molecule has 23 heavy (non-hydrogen) atoms. The van der Waals surface area contributed by atoms with Gasteiger partial charge in [0.25, 0.3) is 0 Å². The maximum atomic E-state index is 5.59. The van der Waals surface area contributed by atoms with Gasteiger partial charge in [0.2, 0.25) is 11.0 Å². The van der Waals surface area contributed by atoms with Crippen molar-refractivity contribution < 1.29 is 4.42 Å². The van der Waals surface area contributed by atoms with E-state index in [2.05, 4.69) is 24.1 Å². The van der Waals surface area contributed by atoms with Gasteiger partial charge in [-0.05, 0) is 18.4 Å². The molecule has 1 aliphatic heterocycles. The lowest BCUT2D eigenvalue weighted by molar-refractivity contribution is 0.247. The van der Waals surface area contributed by atoms with Gasteiger partial charge >= 0.3 is 0 Å². The summed E-state index contributed by atoms with van der Waals surface area (Å²) in [6.45, 7) is 6.72. The quantitative estimate of drug-likeness (QED) is 0.723. The molecule has 3 aromatic rings. The Labute approximate surface area is 142 Å². The molecule has 0 aromatic carbocycles. The van der Waals surface area contributed by atoms with Crippen LogP contribution in [0.4, 0.5) is 5.13 Å². The maximum Gasteiger partial charge on any atom is 0.236 e. The molecule has 0 saturated carbocycles. The van der Waals surface area contributed by atoms with E-state index < -0.39 is 0 Å². The van der Waals surface area contributed by atoms with Crippen LogP contribution >= 0.6 is 22.9 Å².